The van der Waals surface area contributed by atoms with Crippen LogP contribution in [0.15, 0.2) is 30.3 Å². The molecule has 0 saturated heterocycles. The van der Waals surface area contributed by atoms with Gasteiger partial charge in [-0.3, -0.25) is 10.1 Å². The van der Waals surface area contributed by atoms with Gasteiger partial charge in [0.05, 0.1) is 10.5 Å². The van der Waals surface area contributed by atoms with E-state index in [1.807, 2.05) is 0 Å². The van der Waals surface area contributed by atoms with Crippen LogP contribution in [0.1, 0.15) is 10.4 Å². The van der Waals surface area contributed by atoms with Gasteiger partial charge in [-0.2, -0.15) is 0 Å². The van der Waals surface area contributed by atoms with Crippen LogP contribution in [0.25, 0.3) is 0 Å². The van der Waals surface area contributed by atoms with E-state index in [0.717, 1.165) is 0 Å². The van der Waals surface area contributed by atoms with Gasteiger partial charge in [0, 0.05) is 0 Å². The van der Waals surface area contributed by atoms with E-state index >= 15 is 0 Å². The van der Waals surface area contributed by atoms with Crippen molar-refractivity contribution in [2.24, 2.45) is 0 Å². The number of ether oxygens (including phenoxy) is 1. The van der Waals surface area contributed by atoms with Gasteiger partial charge in [0.15, 0.2) is 0 Å². The minimum absolute atomic E-state index is 0.0615. The maximum Gasteiger partial charge on any atom is 0.419 e. The highest BCUT2D eigenvalue weighted by atomic mass is 16.7. The summed E-state index contributed by atoms with van der Waals surface area (Å²) in [6.45, 7) is 0. The number of carbonyl (C=O) groups excluding carboxylic acids is 2. The molecule has 1 N–H and O–H groups in total. The highest BCUT2D eigenvalue weighted by Crippen LogP contribution is 2.02. The summed E-state index contributed by atoms with van der Waals surface area (Å²) in [6.07, 6.45) is -2.55. The second-order valence-corrected chi connectivity index (χ2v) is 2.73. The molecule has 1 atom stereocenters. The second-order valence-electron chi connectivity index (χ2n) is 2.73. The number of rotatable bonds is 3. The first-order valence-electron chi connectivity index (χ1n) is 4.15. The van der Waals surface area contributed by atoms with Crippen molar-refractivity contribution < 1.29 is 24.4 Å². The molecule has 0 fully saturated rings. The summed E-state index contributed by atoms with van der Waals surface area (Å²) in [6, 6.07) is 7.45. The van der Waals surface area contributed by atoms with Crippen LogP contribution in [0.4, 0.5) is 0 Å². The van der Waals surface area contributed by atoms with Crippen LogP contribution in [0, 0.1) is 10.1 Å². The zero-order valence-corrected chi connectivity index (χ0v) is 7.90. The van der Waals surface area contributed by atoms with Crippen molar-refractivity contribution in [2.45, 2.75) is 6.23 Å². The lowest BCUT2D eigenvalue weighted by molar-refractivity contribution is -0.555. The van der Waals surface area contributed by atoms with E-state index in [4.69, 9.17) is 5.11 Å². The standard InChI is InChI=1S/C9H7NO6/c11-7(10(14)15)9(13)16-8(12)6-4-2-1-3-5-6/h1-5,7,11H. The largest absolute Gasteiger partial charge is 0.419 e. The van der Waals surface area contributed by atoms with Gasteiger partial charge in [-0.05, 0) is 12.1 Å². The van der Waals surface area contributed by atoms with Gasteiger partial charge in [0.2, 0.25) is 0 Å². The van der Waals surface area contributed by atoms with Crippen LogP contribution in [-0.2, 0) is 9.53 Å². The fraction of sp³-hybridized carbons (Fsp3) is 0.111. The molecule has 0 heterocycles. The minimum Gasteiger partial charge on any atom is -0.382 e. The Morgan fingerprint density at radius 1 is 1.31 bits per heavy atom. The normalized spacial score (nSPS) is 11.6. The van der Waals surface area contributed by atoms with E-state index in [1.165, 1.54) is 24.3 Å². The van der Waals surface area contributed by atoms with E-state index in [1.54, 1.807) is 6.07 Å². The molecule has 16 heavy (non-hydrogen) atoms. The van der Waals surface area contributed by atoms with E-state index in [9.17, 15) is 19.7 Å². The molecule has 0 spiro atoms. The predicted octanol–water partition coefficient (Wildman–Crippen LogP) is -0.0349. The fourth-order valence-electron chi connectivity index (χ4n) is 0.863. The Balaban J connectivity index is 2.66. The van der Waals surface area contributed by atoms with Crippen molar-refractivity contribution in [2.75, 3.05) is 0 Å². The average Bonchev–Trinajstić information content (AvgIpc) is 2.28. The maximum absolute atomic E-state index is 11.2. The van der Waals surface area contributed by atoms with Crippen molar-refractivity contribution in [3.8, 4) is 0 Å². The van der Waals surface area contributed by atoms with Gasteiger partial charge in [-0.15, -0.1) is 0 Å². The summed E-state index contributed by atoms with van der Waals surface area (Å²) >= 11 is 0. The van der Waals surface area contributed by atoms with Gasteiger partial charge < -0.3 is 9.84 Å². The number of hydrogen-bond acceptors (Lipinski definition) is 6. The zero-order valence-electron chi connectivity index (χ0n) is 7.90. The minimum atomic E-state index is -2.55. The Labute approximate surface area is 89.4 Å². The van der Waals surface area contributed by atoms with Crippen LogP contribution in [-0.4, -0.2) is 28.2 Å². The Bertz CT molecular complexity index is 415. The van der Waals surface area contributed by atoms with Crippen molar-refractivity contribution in [3.05, 3.63) is 46.0 Å². The molecule has 84 valence electrons. The summed E-state index contributed by atoms with van der Waals surface area (Å²) < 4.78 is 4.09. The number of nitrogens with zero attached hydrogens (tertiary/aromatic N) is 1. The molecule has 0 bridgehead atoms. The average molecular weight is 225 g/mol. The summed E-state index contributed by atoms with van der Waals surface area (Å²) in [5, 5.41) is 18.7. The van der Waals surface area contributed by atoms with Gasteiger partial charge in [0.25, 0.3) is 0 Å². The highest BCUT2D eigenvalue weighted by molar-refractivity contribution is 5.97. The molecule has 0 aromatic heterocycles. The number of hydrogen-bond donors (Lipinski definition) is 1. The van der Waals surface area contributed by atoms with Crippen molar-refractivity contribution in [3.63, 3.8) is 0 Å². The monoisotopic (exact) mass is 225 g/mol. The van der Waals surface area contributed by atoms with Gasteiger partial charge >= 0.3 is 18.2 Å². The van der Waals surface area contributed by atoms with Gasteiger partial charge in [-0.25, -0.2) is 9.59 Å². The third kappa shape index (κ3) is 2.85. The second kappa shape index (κ2) is 4.99. The van der Waals surface area contributed by atoms with E-state index in [2.05, 4.69) is 4.74 Å². The molecule has 0 radical (unpaired) electrons. The molecule has 1 rings (SSSR count). The smallest absolute Gasteiger partial charge is 0.382 e. The van der Waals surface area contributed by atoms with Crippen LogP contribution in [0.5, 0.6) is 0 Å². The number of benzene rings is 1. The molecule has 7 heteroatoms. The zero-order chi connectivity index (χ0) is 12.1. The molecule has 1 aromatic rings. The molecule has 1 unspecified atom stereocenters. The Morgan fingerprint density at radius 3 is 2.38 bits per heavy atom. The summed E-state index contributed by atoms with van der Waals surface area (Å²) in [7, 11) is 0. The fourth-order valence-corrected chi connectivity index (χ4v) is 0.863. The van der Waals surface area contributed by atoms with Crippen LogP contribution < -0.4 is 0 Å². The first kappa shape index (κ1) is 11.8. The maximum atomic E-state index is 11.2. The molecule has 0 aliphatic rings. The van der Waals surface area contributed by atoms with Gasteiger partial charge in [0.1, 0.15) is 0 Å². The highest BCUT2D eigenvalue weighted by Gasteiger charge is 2.30. The molecular weight excluding hydrogens is 218 g/mol. The van der Waals surface area contributed by atoms with E-state index in [-0.39, 0.29) is 5.56 Å². The molecular formula is C9H7NO6. The van der Waals surface area contributed by atoms with Crippen molar-refractivity contribution in [1.29, 1.82) is 0 Å². The third-order valence-corrected chi connectivity index (χ3v) is 1.61. The lowest BCUT2D eigenvalue weighted by Gasteiger charge is -2.02. The first-order chi connectivity index (χ1) is 7.52. The van der Waals surface area contributed by atoms with Crippen LogP contribution in [0.3, 0.4) is 0 Å². The Hall–Kier alpha value is -2.28. The summed E-state index contributed by atoms with van der Waals surface area (Å²) in [4.78, 5) is 30.8. The van der Waals surface area contributed by atoms with Crippen molar-refractivity contribution in [1.82, 2.24) is 0 Å². The molecule has 0 amide bonds. The number of esters is 2. The number of carbonyl (C=O) groups is 2. The number of nitro groups is 1. The van der Waals surface area contributed by atoms with Crippen LogP contribution in [0.2, 0.25) is 0 Å². The number of aliphatic hydroxyl groups excluding tert-OH is 1. The molecule has 0 aliphatic carbocycles. The SMILES string of the molecule is O=C(OC(=O)C(O)[N+](=O)[O-])c1ccccc1. The lowest BCUT2D eigenvalue weighted by atomic mass is 10.2. The van der Waals surface area contributed by atoms with Gasteiger partial charge in [-0.1, -0.05) is 18.2 Å². The quantitative estimate of drug-likeness (QED) is 0.254. The summed E-state index contributed by atoms with van der Waals surface area (Å²) in [5.74, 6) is -2.66. The lowest BCUT2D eigenvalue weighted by Crippen LogP contribution is -2.32. The summed E-state index contributed by atoms with van der Waals surface area (Å²) in [5.41, 5.74) is 0.0615. The topological polar surface area (TPSA) is 107 Å². The molecule has 0 aliphatic heterocycles. The molecule has 1 aromatic carbocycles. The van der Waals surface area contributed by atoms with E-state index < -0.39 is 23.1 Å². The Morgan fingerprint density at radius 2 is 1.88 bits per heavy atom. The van der Waals surface area contributed by atoms with E-state index in [0.29, 0.717) is 0 Å². The van der Waals surface area contributed by atoms with Crippen molar-refractivity contribution >= 4 is 11.9 Å². The predicted molar refractivity (Wildman–Crippen MR) is 49.9 cm³/mol. The van der Waals surface area contributed by atoms with Crippen LogP contribution >= 0.6 is 0 Å². The first-order valence-corrected chi connectivity index (χ1v) is 4.15. The third-order valence-electron chi connectivity index (χ3n) is 1.61. The number of aliphatic hydroxyl groups is 1. The molecule has 7 nitrogen and oxygen atoms in total. The Kier molecular flexibility index (Phi) is 3.67. The molecule has 0 saturated carbocycles.